The van der Waals surface area contributed by atoms with Gasteiger partial charge in [-0.25, -0.2) is 0 Å². The van der Waals surface area contributed by atoms with E-state index in [2.05, 4.69) is 27.7 Å². The van der Waals surface area contributed by atoms with Gasteiger partial charge < -0.3 is 53.6 Å². The summed E-state index contributed by atoms with van der Waals surface area (Å²) in [6, 6.07) is 0. The third-order valence-corrected chi connectivity index (χ3v) is 18.9. The van der Waals surface area contributed by atoms with Crippen LogP contribution >= 0.6 is 0 Å². The molecule has 2 fully saturated rings. The zero-order chi connectivity index (χ0) is 66.1. The third kappa shape index (κ3) is 43.4. The van der Waals surface area contributed by atoms with Gasteiger partial charge in [0.25, 0.3) is 0 Å². The Kier molecular flexibility index (Phi) is 54.8. The number of carbonyl (C=O) groups excluding carboxylic acids is 4. The van der Waals surface area contributed by atoms with E-state index in [1.807, 2.05) is 0 Å². The Labute approximate surface area is 556 Å². The molecular weight excluding hydrogens is 1150 g/mol. The van der Waals surface area contributed by atoms with E-state index >= 15 is 0 Å². The topological polar surface area (TPSA) is 214 Å². The smallest absolute Gasteiger partial charge is 0.306 e. The molecule has 536 valence electrons. The summed E-state index contributed by atoms with van der Waals surface area (Å²) in [5.74, 6) is -4.66. The molecule has 0 amide bonds. The number of rotatable bonds is 65. The quantitative estimate of drug-likeness (QED) is 0.0253. The molecule has 15 heteroatoms. The van der Waals surface area contributed by atoms with Crippen LogP contribution in [0.2, 0.25) is 0 Å². The van der Waals surface area contributed by atoms with Gasteiger partial charge in [-0.1, -0.05) is 336 Å². The summed E-state index contributed by atoms with van der Waals surface area (Å²) < 4.78 is 41.7. The largest absolute Gasteiger partial charge is 0.463 e. The SMILES string of the molecule is CCCCCCCCCCCCCCCC(=O)OC[C@H]1O[C@@](COC(=O)CCCCCCCCCCCCCCC)(O[C@H]2O[C@H](COC(=O)CCCCCCCCCCCCCCC)[C@@H](O)[C@H](OC(=O)CCCCCCCCCCCCCCC)[C@H]2O)[C@@H](O)[C@@H]1O. The van der Waals surface area contributed by atoms with E-state index in [-0.39, 0.29) is 25.7 Å². The molecule has 2 aliphatic heterocycles. The summed E-state index contributed by atoms with van der Waals surface area (Å²) in [4.78, 5) is 53.3. The molecule has 2 saturated heterocycles. The maximum atomic E-state index is 13.6. The van der Waals surface area contributed by atoms with Crippen LogP contribution < -0.4 is 0 Å². The van der Waals surface area contributed by atoms with Gasteiger partial charge in [-0.15, -0.1) is 0 Å². The minimum absolute atomic E-state index is 0.0335. The molecule has 0 aliphatic carbocycles. The number of aliphatic hydroxyl groups is 4. The summed E-state index contributed by atoms with van der Waals surface area (Å²) in [5, 5.41) is 47.2. The first-order valence-electron chi connectivity index (χ1n) is 38.8. The van der Waals surface area contributed by atoms with Crippen molar-refractivity contribution in [2.24, 2.45) is 0 Å². The number of hydrogen-bond donors (Lipinski definition) is 4. The lowest BCUT2D eigenvalue weighted by molar-refractivity contribution is -0.384. The number of aliphatic hydroxyl groups excluding tert-OH is 4. The predicted molar refractivity (Wildman–Crippen MR) is 365 cm³/mol. The van der Waals surface area contributed by atoms with Crippen LogP contribution in [-0.4, -0.2) is 119 Å². The van der Waals surface area contributed by atoms with Gasteiger partial charge in [0.1, 0.15) is 56.4 Å². The Balaban J connectivity index is 2.15. The zero-order valence-electron chi connectivity index (χ0n) is 59.1. The second-order valence-electron chi connectivity index (χ2n) is 27.5. The fourth-order valence-electron chi connectivity index (χ4n) is 12.8. The normalized spacial score (nSPS) is 21.5. The van der Waals surface area contributed by atoms with Gasteiger partial charge in [0.2, 0.25) is 5.79 Å². The summed E-state index contributed by atoms with van der Waals surface area (Å²) >= 11 is 0. The van der Waals surface area contributed by atoms with Crippen molar-refractivity contribution in [3.05, 3.63) is 0 Å². The predicted octanol–water partition coefficient (Wildman–Crippen LogP) is 18.7. The third-order valence-electron chi connectivity index (χ3n) is 18.9. The average molecular weight is 1300 g/mol. The molecule has 91 heavy (non-hydrogen) atoms. The van der Waals surface area contributed by atoms with Crippen molar-refractivity contribution in [2.75, 3.05) is 19.8 Å². The molecule has 0 aromatic carbocycles. The highest BCUT2D eigenvalue weighted by Gasteiger charge is 2.60. The maximum Gasteiger partial charge on any atom is 0.306 e. The summed E-state index contributed by atoms with van der Waals surface area (Å²) in [7, 11) is 0. The number of carbonyl (C=O) groups is 4. The number of ether oxygens (including phenoxy) is 7. The van der Waals surface area contributed by atoms with Crippen molar-refractivity contribution in [2.45, 2.75) is 442 Å². The van der Waals surface area contributed by atoms with E-state index in [0.717, 1.165) is 89.9 Å². The molecular formula is C76H142O15. The van der Waals surface area contributed by atoms with E-state index < -0.39 is 98.5 Å². The Morgan fingerprint density at radius 1 is 0.319 bits per heavy atom. The first-order valence-corrected chi connectivity index (χ1v) is 38.8. The number of hydrogen-bond acceptors (Lipinski definition) is 15. The van der Waals surface area contributed by atoms with Crippen LogP contribution in [0.15, 0.2) is 0 Å². The van der Waals surface area contributed by atoms with Crippen LogP contribution in [0.1, 0.15) is 387 Å². The Morgan fingerprint density at radius 3 is 0.890 bits per heavy atom. The molecule has 0 unspecified atom stereocenters. The highest BCUT2D eigenvalue weighted by atomic mass is 16.8. The summed E-state index contributed by atoms with van der Waals surface area (Å²) in [5.41, 5.74) is 0. The van der Waals surface area contributed by atoms with Crippen LogP contribution in [0.25, 0.3) is 0 Å². The maximum absolute atomic E-state index is 13.6. The van der Waals surface area contributed by atoms with E-state index in [0.29, 0.717) is 25.7 Å². The molecule has 0 aromatic rings. The van der Waals surface area contributed by atoms with E-state index in [4.69, 9.17) is 33.2 Å². The van der Waals surface area contributed by atoms with Gasteiger partial charge >= 0.3 is 23.9 Å². The molecule has 0 bridgehead atoms. The van der Waals surface area contributed by atoms with Gasteiger partial charge in [-0.3, -0.25) is 19.2 Å². The molecule has 0 spiro atoms. The Hall–Kier alpha value is -2.40. The molecule has 0 radical (unpaired) electrons. The fourth-order valence-corrected chi connectivity index (χ4v) is 12.8. The van der Waals surface area contributed by atoms with Crippen LogP contribution in [0.3, 0.4) is 0 Å². The first-order chi connectivity index (χ1) is 44.4. The lowest BCUT2D eigenvalue weighted by Gasteiger charge is -2.44. The van der Waals surface area contributed by atoms with Crippen molar-refractivity contribution >= 4 is 23.9 Å². The first kappa shape index (κ1) is 84.7. The van der Waals surface area contributed by atoms with Gasteiger partial charge in [-0.2, -0.15) is 0 Å². The van der Waals surface area contributed by atoms with Crippen LogP contribution in [-0.2, 0) is 52.3 Å². The summed E-state index contributed by atoms with van der Waals surface area (Å²) in [6.45, 7) is 7.25. The van der Waals surface area contributed by atoms with Crippen molar-refractivity contribution in [1.82, 2.24) is 0 Å². The highest BCUT2D eigenvalue weighted by molar-refractivity contribution is 5.70. The molecule has 2 aliphatic rings. The average Bonchev–Trinajstić information content (AvgIpc) is 1.75. The van der Waals surface area contributed by atoms with Gasteiger partial charge in [0, 0.05) is 25.7 Å². The standard InChI is InChI=1S/C76H142O15/c1-5-9-13-17-21-25-29-33-37-41-45-49-53-57-66(77)85-61-64-70(81)73(89-69(80)60-56-52-48-44-40-36-32-28-24-20-16-12-8-4)72(83)75(88-64)91-76(63-87-68(79)59-55-51-47-43-39-35-31-27-23-19-15-11-7-3)74(84)71(82)65(90-76)62-86-67(78)58-54-50-46-42-38-34-30-26-22-18-14-10-6-2/h64-65,70-75,81-84H,5-63H2,1-4H3/t64-,65-,70-,71-,72-,73+,74+,75-,76+/m1/s1. The zero-order valence-corrected chi connectivity index (χ0v) is 59.1. The van der Waals surface area contributed by atoms with E-state index in [1.54, 1.807) is 0 Å². The van der Waals surface area contributed by atoms with Gasteiger partial charge in [0.05, 0.1) is 0 Å². The Morgan fingerprint density at radius 2 is 0.582 bits per heavy atom. The van der Waals surface area contributed by atoms with Crippen molar-refractivity contribution in [1.29, 1.82) is 0 Å². The molecule has 9 atom stereocenters. The van der Waals surface area contributed by atoms with Crippen molar-refractivity contribution < 1.29 is 72.8 Å². The molecule has 2 rings (SSSR count). The lowest BCUT2D eigenvalue weighted by atomic mass is 9.98. The molecule has 0 aromatic heterocycles. The van der Waals surface area contributed by atoms with Crippen LogP contribution in [0.4, 0.5) is 0 Å². The number of unbranched alkanes of at least 4 members (excludes halogenated alkanes) is 48. The number of esters is 4. The highest BCUT2D eigenvalue weighted by Crippen LogP contribution is 2.38. The van der Waals surface area contributed by atoms with Crippen LogP contribution in [0.5, 0.6) is 0 Å². The van der Waals surface area contributed by atoms with Gasteiger partial charge in [-0.05, 0) is 25.7 Å². The van der Waals surface area contributed by atoms with Gasteiger partial charge in [0.15, 0.2) is 12.4 Å². The van der Waals surface area contributed by atoms with E-state index in [9.17, 15) is 39.6 Å². The van der Waals surface area contributed by atoms with Crippen molar-refractivity contribution in [3.8, 4) is 0 Å². The summed E-state index contributed by atoms with van der Waals surface area (Å²) in [6.07, 6.45) is 46.8. The molecule has 4 N–H and O–H groups in total. The van der Waals surface area contributed by atoms with Crippen molar-refractivity contribution in [3.63, 3.8) is 0 Å². The second kappa shape index (κ2) is 58.9. The fraction of sp³-hybridized carbons (Fsp3) is 0.947. The van der Waals surface area contributed by atoms with E-state index in [1.165, 1.54) is 218 Å². The Bertz CT molecular complexity index is 1700. The molecule has 0 saturated carbocycles. The molecule has 2 heterocycles. The monoisotopic (exact) mass is 1300 g/mol. The minimum atomic E-state index is -2.40. The second-order valence-corrected chi connectivity index (χ2v) is 27.5. The molecule has 15 nitrogen and oxygen atoms in total. The lowest BCUT2D eigenvalue weighted by Crippen LogP contribution is -2.64. The van der Waals surface area contributed by atoms with Crippen LogP contribution in [0, 0.1) is 0 Å². The minimum Gasteiger partial charge on any atom is -0.463 e.